The Bertz CT molecular complexity index is 278. The second-order valence-corrected chi connectivity index (χ2v) is 4.99. The van der Waals surface area contributed by atoms with Crippen LogP contribution in [0, 0.1) is 11.5 Å². The van der Waals surface area contributed by atoms with Crippen molar-refractivity contribution in [1.29, 1.82) is 5.26 Å². The summed E-state index contributed by atoms with van der Waals surface area (Å²) in [4.78, 5) is 8.38. The molecule has 0 fully saturated rings. The van der Waals surface area contributed by atoms with Gasteiger partial charge in [-0.2, -0.15) is 5.26 Å². The number of guanidine groups is 1. The van der Waals surface area contributed by atoms with Gasteiger partial charge in [-0.05, 0) is 48.5 Å². The molecule has 4 nitrogen and oxygen atoms in total. The molecule has 0 N–H and O–H groups in total. The molecule has 0 aliphatic heterocycles. The molecule has 0 aromatic carbocycles. The predicted molar refractivity (Wildman–Crippen MR) is 72.7 cm³/mol. The normalized spacial score (nSPS) is 12.2. The fraction of sp³-hybridized carbons (Fsp3) is 0.846. The Kier molecular flexibility index (Phi) is 6.64. The molecule has 0 saturated carbocycles. The first kappa shape index (κ1) is 15.8. The number of aliphatic imine (C=N–C) groups is 1. The zero-order valence-electron chi connectivity index (χ0n) is 12.2. The summed E-state index contributed by atoms with van der Waals surface area (Å²) in [5.74, 6) is 0.787. The largest absolute Gasteiger partial charge is 0.340 e. The summed E-state index contributed by atoms with van der Waals surface area (Å²) in [7, 11) is 0. The van der Waals surface area contributed by atoms with Gasteiger partial charge in [0.15, 0.2) is 0 Å². The maximum absolute atomic E-state index is 8.88. The molecule has 0 radical (unpaired) electrons. The van der Waals surface area contributed by atoms with Gasteiger partial charge in [-0.1, -0.05) is 0 Å². The van der Waals surface area contributed by atoms with Crippen molar-refractivity contribution in [2.75, 3.05) is 6.54 Å². The zero-order chi connectivity index (χ0) is 13.6. The molecule has 17 heavy (non-hydrogen) atoms. The molecule has 0 saturated heterocycles. The standard InChI is InChI=1S/C13H26N4/c1-8-16(10(2)3)13(15-9-14)17(11(4)5)12(6)7/h10-12H,8H2,1-7H3. The van der Waals surface area contributed by atoms with Crippen LogP contribution in [0.4, 0.5) is 0 Å². The van der Waals surface area contributed by atoms with Gasteiger partial charge < -0.3 is 9.80 Å². The van der Waals surface area contributed by atoms with Gasteiger partial charge in [-0.25, -0.2) is 0 Å². The maximum atomic E-state index is 8.88. The van der Waals surface area contributed by atoms with E-state index >= 15 is 0 Å². The predicted octanol–water partition coefficient (Wildman–Crippen LogP) is 2.67. The number of hydrogen-bond donors (Lipinski definition) is 0. The van der Waals surface area contributed by atoms with Gasteiger partial charge >= 0.3 is 0 Å². The Morgan fingerprint density at radius 3 is 1.76 bits per heavy atom. The van der Waals surface area contributed by atoms with Crippen molar-refractivity contribution in [2.45, 2.75) is 66.6 Å². The van der Waals surface area contributed by atoms with E-state index in [1.165, 1.54) is 0 Å². The van der Waals surface area contributed by atoms with Crippen molar-refractivity contribution in [1.82, 2.24) is 9.80 Å². The van der Waals surface area contributed by atoms with Gasteiger partial charge in [0.05, 0.1) is 0 Å². The number of rotatable bonds is 4. The average molecular weight is 238 g/mol. The first-order valence-electron chi connectivity index (χ1n) is 6.38. The highest BCUT2D eigenvalue weighted by molar-refractivity contribution is 5.81. The third kappa shape index (κ3) is 4.26. The molecule has 0 amide bonds. The summed E-state index contributed by atoms with van der Waals surface area (Å²) in [6.45, 7) is 15.7. The van der Waals surface area contributed by atoms with Crippen LogP contribution in [0.15, 0.2) is 4.99 Å². The lowest BCUT2D eigenvalue weighted by molar-refractivity contribution is 0.227. The highest BCUT2D eigenvalue weighted by Crippen LogP contribution is 2.12. The lowest BCUT2D eigenvalue weighted by Gasteiger charge is -2.40. The van der Waals surface area contributed by atoms with Gasteiger partial charge in [-0.15, -0.1) is 4.99 Å². The quantitative estimate of drug-likeness (QED) is 0.429. The van der Waals surface area contributed by atoms with E-state index in [0.717, 1.165) is 12.5 Å². The average Bonchev–Trinajstić information content (AvgIpc) is 2.16. The first-order valence-corrected chi connectivity index (χ1v) is 6.38. The number of nitrogens with zero attached hydrogens (tertiary/aromatic N) is 4. The molecule has 0 heterocycles. The Morgan fingerprint density at radius 2 is 1.53 bits per heavy atom. The lowest BCUT2D eigenvalue weighted by Crippen LogP contribution is -2.52. The van der Waals surface area contributed by atoms with Crippen molar-refractivity contribution < 1.29 is 0 Å². The van der Waals surface area contributed by atoms with Crippen molar-refractivity contribution >= 4 is 5.96 Å². The van der Waals surface area contributed by atoms with E-state index in [1.807, 2.05) is 6.19 Å². The van der Waals surface area contributed by atoms with Crippen LogP contribution in [0.25, 0.3) is 0 Å². The van der Waals surface area contributed by atoms with Gasteiger partial charge in [0.25, 0.3) is 0 Å². The summed E-state index contributed by atoms with van der Waals surface area (Å²) in [6, 6.07) is 0.997. The Labute approximate surface area is 106 Å². The van der Waals surface area contributed by atoms with Crippen molar-refractivity contribution in [3.63, 3.8) is 0 Å². The van der Waals surface area contributed by atoms with Crippen LogP contribution in [-0.2, 0) is 0 Å². The minimum Gasteiger partial charge on any atom is -0.340 e. The molecule has 98 valence electrons. The van der Waals surface area contributed by atoms with E-state index in [0.29, 0.717) is 18.1 Å². The van der Waals surface area contributed by atoms with E-state index in [-0.39, 0.29) is 0 Å². The summed E-state index contributed by atoms with van der Waals surface area (Å²) in [6.07, 6.45) is 1.93. The molecule has 0 atom stereocenters. The molecule has 0 spiro atoms. The van der Waals surface area contributed by atoms with E-state index in [9.17, 15) is 0 Å². The third-order valence-corrected chi connectivity index (χ3v) is 2.71. The van der Waals surface area contributed by atoms with Crippen LogP contribution in [0.2, 0.25) is 0 Å². The smallest absolute Gasteiger partial charge is 0.213 e. The molecule has 0 aliphatic carbocycles. The Morgan fingerprint density at radius 1 is 1.06 bits per heavy atom. The molecule has 0 aromatic heterocycles. The number of hydrogen-bond acceptors (Lipinski definition) is 2. The zero-order valence-corrected chi connectivity index (χ0v) is 12.2. The number of nitriles is 1. The van der Waals surface area contributed by atoms with Crippen LogP contribution in [0.1, 0.15) is 48.5 Å². The molecule has 0 bridgehead atoms. The minimum absolute atomic E-state index is 0.329. The maximum Gasteiger partial charge on any atom is 0.213 e. The second kappa shape index (κ2) is 7.16. The molecule has 4 heteroatoms. The summed E-state index contributed by atoms with van der Waals surface area (Å²) >= 11 is 0. The lowest BCUT2D eigenvalue weighted by atomic mass is 10.2. The highest BCUT2D eigenvalue weighted by Gasteiger charge is 2.24. The van der Waals surface area contributed by atoms with Crippen LogP contribution in [-0.4, -0.2) is 40.4 Å². The van der Waals surface area contributed by atoms with Gasteiger partial charge in [0.1, 0.15) is 0 Å². The van der Waals surface area contributed by atoms with Gasteiger partial charge in [-0.3, -0.25) is 0 Å². The molecular weight excluding hydrogens is 212 g/mol. The van der Waals surface area contributed by atoms with Crippen molar-refractivity contribution in [3.8, 4) is 6.19 Å². The fourth-order valence-electron chi connectivity index (χ4n) is 2.11. The summed E-state index contributed by atoms with van der Waals surface area (Å²) < 4.78 is 0. The topological polar surface area (TPSA) is 42.6 Å². The molecule has 0 rings (SSSR count). The van der Waals surface area contributed by atoms with Crippen LogP contribution in [0.3, 0.4) is 0 Å². The Hall–Kier alpha value is -1.24. The fourth-order valence-corrected chi connectivity index (χ4v) is 2.11. The minimum atomic E-state index is 0.329. The third-order valence-electron chi connectivity index (χ3n) is 2.71. The van der Waals surface area contributed by atoms with Gasteiger partial charge in [0.2, 0.25) is 12.2 Å². The van der Waals surface area contributed by atoms with E-state index in [1.54, 1.807) is 0 Å². The molecule has 0 aromatic rings. The summed E-state index contributed by atoms with van der Waals surface area (Å²) in [5, 5.41) is 8.88. The Balaban J connectivity index is 5.34. The van der Waals surface area contributed by atoms with E-state index < -0.39 is 0 Å². The molecule has 0 unspecified atom stereocenters. The monoisotopic (exact) mass is 238 g/mol. The van der Waals surface area contributed by atoms with E-state index in [2.05, 4.69) is 63.3 Å². The molecule has 0 aliphatic rings. The van der Waals surface area contributed by atoms with E-state index in [4.69, 9.17) is 5.26 Å². The summed E-state index contributed by atoms with van der Waals surface area (Å²) in [5.41, 5.74) is 0. The second-order valence-electron chi connectivity index (χ2n) is 4.99. The highest BCUT2D eigenvalue weighted by atomic mass is 15.4. The first-order chi connectivity index (χ1) is 7.86. The SMILES string of the molecule is CCN(C(=NC#N)N(C(C)C)C(C)C)C(C)C. The van der Waals surface area contributed by atoms with Gasteiger partial charge in [0, 0.05) is 24.7 Å². The van der Waals surface area contributed by atoms with Crippen LogP contribution < -0.4 is 0 Å². The van der Waals surface area contributed by atoms with Crippen LogP contribution in [0.5, 0.6) is 0 Å². The van der Waals surface area contributed by atoms with Crippen molar-refractivity contribution in [3.05, 3.63) is 0 Å². The van der Waals surface area contributed by atoms with Crippen molar-refractivity contribution in [2.24, 2.45) is 4.99 Å². The van der Waals surface area contributed by atoms with Crippen LogP contribution >= 0.6 is 0 Å². The molecular formula is C13H26N4.